The summed E-state index contributed by atoms with van der Waals surface area (Å²) in [6.45, 7) is 0. The summed E-state index contributed by atoms with van der Waals surface area (Å²) in [6, 6.07) is 6.23. The van der Waals surface area contributed by atoms with Gasteiger partial charge in [0.25, 0.3) is 0 Å². The monoisotopic (exact) mass is 233 g/mol. The molecule has 0 aromatic carbocycles. The van der Waals surface area contributed by atoms with Crippen molar-refractivity contribution in [1.82, 2.24) is 4.98 Å². The Labute approximate surface area is 100 Å². The fourth-order valence-electron chi connectivity index (χ4n) is 2.16. The van der Waals surface area contributed by atoms with Gasteiger partial charge in [-0.15, -0.1) is 0 Å². The van der Waals surface area contributed by atoms with E-state index in [1.54, 1.807) is 18.3 Å². The maximum Gasteiger partial charge on any atom is 0.144 e. The second-order valence-electron chi connectivity index (χ2n) is 3.97. The molecule has 1 aliphatic carbocycles. The van der Waals surface area contributed by atoms with Gasteiger partial charge < -0.3 is 5.32 Å². The zero-order valence-electron chi connectivity index (χ0n) is 9.31. The van der Waals surface area contributed by atoms with Crippen LogP contribution in [-0.4, -0.2) is 22.5 Å². The molecular weight excluding hydrogens is 218 g/mol. The van der Waals surface area contributed by atoms with Gasteiger partial charge in [-0.1, -0.05) is 6.42 Å². The van der Waals surface area contributed by atoms with Gasteiger partial charge in [-0.2, -0.15) is 17.0 Å². The molecule has 0 saturated heterocycles. The molecule has 0 bridgehead atoms. The minimum Gasteiger partial charge on any atom is -0.365 e. The highest BCUT2D eigenvalue weighted by atomic mass is 32.2. The topological polar surface area (TPSA) is 48.7 Å². The van der Waals surface area contributed by atoms with Crippen molar-refractivity contribution in [2.75, 3.05) is 11.6 Å². The summed E-state index contributed by atoms with van der Waals surface area (Å²) in [4.78, 5) is 4.24. The predicted octanol–water partition coefficient (Wildman–Crippen LogP) is 2.65. The van der Waals surface area contributed by atoms with Gasteiger partial charge in [-0.3, -0.25) is 0 Å². The first kappa shape index (κ1) is 11.3. The zero-order chi connectivity index (χ0) is 11.4. The van der Waals surface area contributed by atoms with Crippen LogP contribution in [0.2, 0.25) is 0 Å². The SMILES string of the molecule is CSC1CCCC1Nc1ncccc1C#N. The molecular formula is C12H15N3S. The third-order valence-electron chi connectivity index (χ3n) is 3.01. The quantitative estimate of drug-likeness (QED) is 0.872. The molecule has 16 heavy (non-hydrogen) atoms. The van der Waals surface area contributed by atoms with Crippen molar-refractivity contribution in [2.45, 2.75) is 30.6 Å². The third-order valence-corrected chi connectivity index (χ3v) is 4.18. The Balaban J connectivity index is 2.12. The minimum absolute atomic E-state index is 0.456. The van der Waals surface area contributed by atoms with E-state index in [2.05, 4.69) is 22.6 Å². The molecule has 0 aliphatic heterocycles. The molecule has 1 aromatic heterocycles. The van der Waals surface area contributed by atoms with Crippen LogP contribution >= 0.6 is 11.8 Å². The number of nitrogens with zero attached hydrogens (tertiary/aromatic N) is 2. The normalized spacial score (nSPS) is 24.0. The molecule has 1 aliphatic rings. The van der Waals surface area contributed by atoms with E-state index in [0.717, 1.165) is 5.82 Å². The van der Waals surface area contributed by atoms with E-state index in [1.165, 1.54) is 19.3 Å². The van der Waals surface area contributed by atoms with Crippen molar-refractivity contribution in [3.63, 3.8) is 0 Å². The van der Waals surface area contributed by atoms with Crippen molar-refractivity contribution in [3.05, 3.63) is 23.9 Å². The van der Waals surface area contributed by atoms with Crippen molar-refractivity contribution >= 4 is 17.6 Å². The number of pyridine rings is 1. The van der Waals surface area contributed by atoms with Crippen LogP contribution in [0.25, 0.3) is 0 Å². The smallest absolute Gasteiger partial charge is 0.144 e. The highest BCUT2D eigenvalue weighted by molar-refractivity contribution is 7.99. The Morgan fingerprint density at radius 1 is 1.56 bits per heavy atom. The molecule has 0 radical (unpaired) electrons. The molecule has 4 heteroatoms. The standard InChI is InChI=1S/C12H15N3S/c1-16-11-6-2-5-10(11)15-12-9(8-13)4-3-7-14-12/h3-4,7,10-11H,2,5-6H2,1H3,(H,14,15). The summed E-state index contributed by atoms with van der Waals surface area (Å²) < 4.78 is 0. The zero-order valence-corrected chi connectivity index (χ0v) is 10.1. The minimum atomic E-state index is 0.456. The number of hydrogen-bond donors (Lipinski definition) is 1. The molecule has 0 amide bonds. The van der Waals surface area contributed by atoms with Crippen LogP contribution in [0.4, 0.5) is 5.82 Å². The molecule has 1 heterocycles. The summed E-state index contributed by atoms with van der Waals surface area (Å²) in [7, 11) is 0. The lowest BCUT2D eigenvalue weighted by molar-refractivity contribution is 0.763. The van der Waals surface area contributed by atoms with Crippen LogP contribution in [-0.2, 0) is 0 Å². The lowest BCUT2D eigenvalue weighted by atomic mass is 10.2. The highest BCUT2D eigenvalue weighted by Crippen LogP contribution is 2.30. The van der Waals surface area contributed by atoms with Gasteiger partial charge in [0.15, 0.2) is 0 Å². The number of nitriles is 1. The maximum absolute atomic E-state index is 8.98. The Kier molecular flexibility index (Phi) is 3.68. The first-order valence-corrected chi connectivity index (χ1v) is 6.78. The van der Waals surface area contributed by atoms with Gasteiger partial charge in [-0.25, -0.2) is 4.98 Å². The first-order valence-electron chi connectivity index (χ1n) is 5.49. The van der Waals surface area contributed by atoms with Crippen molar-refractivity contribution in [2.24, 2.45) is 0 Å². The van der Waals surface area contributed by atoms with Gasteiger partial charge in [0.2, 0.25) is 0 Å². The molecule has 1 N–H and O–H groups in total. The number of rotatable bonds is 3. The Morgan fingerprint density at radius 3 is 3.19 bits per heavy atom. The van der Waals surface area contributed by atoms with E-state index >= 15 is 0 Å². The third kappa shape index (κ3) is 2.30. The summed E-state index contributed by atoms with van der Waals surface area (Å²) in [5.41, 5.74) is 0.634. The van der Waals surface area contributed by atoms with Gasteiger partial charge in [0, 0.05) is 17.5 Å². The van der Waals surface area contributed by atoms with Crippen molar-refractivity contribution in [3.8, 4) is 6.07 Å². The maximum atomic E-state index is 8.98. The van der Waals surface area contributed by atoms with Crippen LogP contribution in [0.3, 0.4) is 0 Å². The molecule has 1 aromatic rings. The molecule has 84 valence electrons. The molecule has 1 saturated carbocycles. The summed E-state index contributed by atoms with van der Waals surface area (Å²) in [5, 5.41) is 13.0. The van der Waals surface area contributed by atoms with E-state index in [9.17, 15) is 0 Å². The van der Waals surface area contributed by atoms with Gasteiger partial charge in [0.1, 0.15) is 11.9 Å². The van der Waals surface area contributed by atoms with E-state index in [4.69, 9.17) is 5.26 Å². The lowest BCUT2D eigenvalue weighted by Crippen LogP contribution is -2.26. The number of nitrogens with one attached hydrogen (secondary N) is 1. The van der Waals surface area contributed by atoms with Crippen molar-refractivity contribution in [1.29, 1.82) is 5.26 Å². The highest BCUT2D eigenvalue weighted by Gasteiger charge is 2.26. The summed E-state index contributed by atoms with van der Waals surface area (Å²) >= 11 is 1.90. The van der Waals surface area contributed by atoms with E-state index in [-0.39, 0.29) is 0 Å². The van der Waals surface area contributed by atoms with Crippen molar-refractivity contribution < 1.29 is 0 Å². The van der Waals surface area contributed by atoms with Crippen LogP contribution in [0, 0.1) is 11.3 Å². The fraction of sp³-hybridized carbons (Fsp3) is 0.500. The molecule has 2 atom stereocenters. The second kappa shape index (κ2) is 5.22. The second-order valence-corrected chi connectivity index (χ2v) is 5.04. The fourth-order valence-corrected chi connectivity index (χ4v) is 3.09. The lowest BCUT2D eigenvalue weighted by Gasteiger charge is -2.20. The van der Waals surface area contributed by atoms with Gasteiger partial charge in [0.05, 0.1) is 5.56 Å². The van der Waals surface area contributed by atoms with Crippen LogP contribution in [0.1, 0.15) is 24.8 Å². The predicted molar refractivity (Wildman–Crippen MR) is 67.5 cm³/mol. The summed E-state index contributed by atoms with van der Waals surface area (Å²) in [6.07, 6.45) is 7.57. The van der Waals surface area contributed by atoms with E-state index in [1.807, 2.05) is 11.8 Å². The average molecular weight is 233 g/mol. The van der Waals surface area contributed by atoms with E-state index in [0.29, 0.717) is 16.9 Å². The number of thioether (sulfide) groups is 1. The molecule has 3 nitrogen and oxygen atoms in total. The van der Waals surface area contributed by atoms with Gasteiger partial charge in [-0.05, 0) is 31.2 Å². The summed E-state index contributed by atoms with van der Waals surface area (Å²) in [5.74, 6) is 0.732. The van der Waals surface area contributed by atoms with Crippen LogP contribution < -0.4 is 5.32 Å². The molecule has 2 unspecified atom stereocenters. The molecule has 1 fully saturated rings. The Morgan fingerprint density at radius 2 is 2.44 bits per heavy atom. The number of hydrogen-bond acceptors (Lipinski definition) is 4. The average Bonchev–Trinajstić information content (AvgIpc) is 2.77. The van der Waals surface area contributed by atoms with E-state index < -0.39 is 0 Å². The Bertz CT molecular complexity index is 399. The van der Waals surface area contributed by atoms with Crippen LogP contribution in [0.15, 0.2) is 18.3 Å². The van der Waals surface area contributed by atoms with Crippen LogP contribution in [0.5, 0.6) is 0 Å². The largest absolute Gasteiger partial charge is 0.365 e. The first-order chi connectivity index (χ1) is 7.85. The number of aromatic nitrogens is 1. The molecule has 0 spiro atoms. The molecule has 2 rings (SSSR count). The van der Waals surface area contributed by atoms with Gasteiger partial charge >= 0.3 is 0 Å². The Hall–Kier alpha value is -1.21. The number of anilines is 1.